The van der Waals surface area contributed by atoms with Crippen LogP contribution in [0.3, 0.4) is 0 Å². The number of aliphatic hydroxyl groups excluding tert-OH is 18. The van der Waals surface area contributed by atoms with Gasteiger partial charge in [0.25, 0.3) is 0 Å². The Morgan fingerprint density at radius 3 is 0.899 bits per heavy atom. The summed E-state index contributed by atoms with van der Waals surface area (Å²) in [5.41, 5.74) is 101. The average molecular weight is 2160 g/mol. The lowest BCUT2D eigenvalue weighted by Crippen LogP contribution is -2.64. The number of hydrogen-bond acceptors (Lipinski definition) is 58. The van der Waals surface area contributed by atoms with Crippen molar-refractivity contribution in [3.63, 3.8) is 0 Å². The van der Waals surface area contributed by atoms with Gasteiger partial charge in [0.1, 0.15) is 169 Å². The molecular weight excluding hydrogens is 1980 g/mol. The maximum atomic E-state index is 13.0. The van der Waals surface area contributed by atoms with Crippen LogP contribution in [0.2, 0.25) is 0 Å². The number of carbonyl (C=O) groups excluding carboxylic acids is 1. The van der Waals surface area contributed by atoms with E-state index in [0.29, 0.717) is 115 Å². The van der Waals surface area contributed by atoms with E-state index in [4.69, 9.17) is 183 Å². The Balaban J connectivity index is 0.000000212. The number of ether oxygens (including phenoxy) is 18. The van der Waals surface area contributed by atoms with Crippen LogP contribution in [0.5, 0.6) is 0 Å². The van der Waals surface area contributed by atoms with Crippen LogP contribution >= 0.6 is 0 Å². The van der Waals surface area contributed by atoms with Crippen molar-refractivity contribution in [2.24, 2.45) is 115 Å². The summed E-state index contributed by atoms with van der Waals surface area (Å²) in [6.45, 7) is 2.16. The minimum Gasteiger partial charge on any atom is -0.467 e. The zero-order valence-electron chi connectivity index (χ0n) is 83.9. The van der Waals surface area contributed by atoms with Gasteiger partial charge in [-0.05, 0) is 159 Å². The molecule has 13 rings (SSSR count). The Bertz CT molecular complexity index is 3850. The molecule has 9 aliphatic heterocycles. The van der Waals surface area contributed by atoms with Crippen molar-refractivity contribution in [3.05, 3.63) is 35.5 Å². The molecule has 0 bridgehead atoms. The summed E-state index contributed by atoms with van der Waals surface area (Å²) in [6, 6.07) is -8.47. The van der Waals surface area contributed by atoms with Crippen molar-refractivity contribution in [2.45, 2.75) is 396 Å². The van der Waals surface area contributed by atoms with Crippen LogP contribution in [0.1, 0.15) is 96.3 Å². The highest BCUT2D eigenvalue weighted by atomic mass is 16.8. The van der Waals surface area contributed by atoms with Gasteiger partial charge in [-0.3, -0.25) is 4.79 Å². The van der Waals surface area contributed by atoms with Crippen molar-refractivity contribution < 1.29 is 187 Å². The Kier molecular flexibility index (Phi) is 49.9. The summed E-state index contributed by atoms with van der Waals surface area (Å²) >= 11 is 0. The van der Waals surface area contributed by atoms with E-state index in [9.17, 15) is 102 Å². The molecule has 58 nitrogen and oxygen atoms in total. The van der Waals surface area contributed by atoms with Crippen LogP contribution < -0.4 is 113 Å². The summed E-state index contributed by atoms with van der Waals surface area (Å²) in [4.78, 5) is 13.0. The Hall–Kier alpha value is -3.87. The predicted molar refractivity (Wildman–Crippen MR) is 519 cm³/mol. The number of nitrogens with one attached hydrogen (secondary N) is 3. The van der Waals surface area contributed by atoms with Gasteiger partial charge in [0.2, 0.25) is 18.9 Å². The minimum atomic E-state index is -1.69. The first-order valence-corrected chi connectivity index (χ1v) is 51.8. The fraction of sp³-hybridized carbons (Fsp3) is 0.923. The summed E-state index contributed by atoms with van der Waals surface area (Å²) < 4.78 is 108. The smallest absolute Gasteiger partial charge is 0.215 e. The molecule has 0 radical (unpaired) electrons. The van der Waals surface area contributed by atoms with E-state index in [0.717, 1.165) is 19.3 Å². The van der Waals surface area contributed by atoms with E-state index in [-0.39, 0.29) is 64.7 Å². The number of nitrogens with two attached hydrogens (primary N) is 17. The molecule has 149 heavy (non-hydrogen) atoms. The van der Waals surface area contributed by atoms with E-state index in [1.165, 1.54) is 0 Å². The standard InChI is InChI=1S/C31H57N7O13.C30H59N7O12.C30H58N6O13/c32-4-1-5-38-10-13-2-3-14(34)28(46-13)49-25-15(35)6-12(7-19(40)31(45)8-18(31)36)21(41)27(25)51-30-24(44)26(17(11-39)48-30)50-29-20(37)23(43)22(42)16(9-33)47-29;31-6-1-7-37-11-15-4-5-16(34)28(44-15)47-25-17(35)8-13(2-3-14(39)9-32)21(40)27(25)49-30-24(43)26(19(12-38)46-30)48-29-20(36)23(42)22(41)18(10-33)45-29;31-6-1-7-36-10-15-4-5-16(33)28(44-15)47-25-17(34)8-13(2-3-14(39)11-37)21(40)27(25)49-30-24(43)26(19(12-38)46-30)48-29-20(35)23(42)22(41)18(9-32)45-29/h2,12,14-18,20-30,38-39,41-45H,1,3-11,32-37H2;4,13-14,16-30,37-43H,1-3,5-12,31-36H2;4,13-14,16-30,36-43H,1-3,5-12,31-35H2/t12-,14+,15-,16-,17+,18?,20+,21-,22+,23+,24+,25+,26+,27+,28+,29+,30-,31?;2*13-,14?,16-,17+,18+,19-,20-,21+,22-,23-,24-,25-,26-,27-,28-,29-,30+/m011/s1. The molecule has 0 aromatic rings. The predicted octanol–water partition coefficient (Wildman–Crippen LogP) is -19.7. The monoisotopic (exact) mass is 2160 g/mol. The van der Waals surface area contributed by atoms with Crippen LogP contribution in [-0.4, -0.2) is 514 Å². The van der Waals surface area contributed by atoms with Crippen LogP contribution in [-0.2, 0) is 90.1 Å². The summed E-state index contributed by atoms with van der Waals surface area (Å²) in [5.74, 6) is -0.492. The number of aliphatic hydroxyl groups is 19. The molecule has 0 aromatic carbocycles. The SMILES string of the molecule is NCCCNCC1=CC[C@@H](N)[C@@H](O[C@H]2[C@H](O[C@@H]3O[C@H](CO)[C@@H](O[C@H]4O[C@@H](CN)[C@@H](O)[C@H](O)[C@H]4N)[C@H]3O)[C@@H](O)[C@H](CC(=O)C3(O)CC3N)C[C@@H]2N)O1.NCCCNCC1=CC[C@@H](N)[C@@H](O[C@H]2[C@H](O[C@@H]3O[C@H](CO)[C@@H](O[C@H]4O[C@@H](CN)[C@@H](O)[C@H](O)[C@H]4N)[C@H]3O)[C@@H](O)[C@H](CCC(O)CN)C[C@@H]2N)O1.NCCCNCC1=CC[C@@H](N)[C@@H](O[C@H]2[C@H](O[C@@H]3O[C@H](CO)[C@@H](O[C@H]4O[C@@H](CN)[C@@H](O)[C@H](O)[C@H]4N)[C@H]3O)[C@@H](O)[C@H](CCC(O)CO)C[C@@H]2N)O1. The Morgan fingerprint density at radius 2 is 0.624 bits per heavy atom. The molecule has 0 spiro atoms. The zero-order valence-corrected chi connectivity index (χ0v) is 83.9. The summed E-state index contributed by atoms with van der Waals surface area (Å²) in [5, 5.41) is 211. The first kappa shape index (κ1) is 125. The third kappa shape index (κ3) is 31.9. The largest absolute Gasteiger partial charge is 0.467 e. The summed E-state index contributed by atoms with van der Waals surface area (Å²) in [6.07, 6.45) is -36.8. The van der Waals surface area contributed by atoms with Gasteiger partial charge in [-0.2, -0.15) is 0 Å². The van der Waals surface area contributed by atoms with Gasteiger partial charge in [-0.15, -0.1) is 0 Å². The highest BCUT2D eigenvalue weighted by Crippen LogP contribution is 2.45. The fourth-order valence-electron chi connectivity index (χ4n) is 20.4. The quantitative estimate of drug-likeness (QED) is 0.0252. The molecule has 4 aliphatic carbocycles. The highest BCUT2D eigenvalue weighted by molar-refractivity contribution is 5.91. The van der Waals surface area contributed by atoms with E-state index in [1.54, 1.807) is 0 Å². The van der Waals surface area contributed by atoms with Crippen molar-refractivity contribution >= 4 is 5.78 Å². The molecule has 52 atom stereocenters. The van der Waals surface area contributed by atoms with Gasteiger partial charge in [-0.25, -0.2) is 0 Å². The van der Waals surface area contributed by atoms with E-state index in [2.05, 4.69) is 16.0 Å². The van der Waals surface area contributed by atoms with Crippen LogP contribution in [0.4, 0.5) is 0 Å². The molecule has 866 valence electrons. The second kappa shape index (κ2) is 59.3. The Labute approximate surface area is 863 Å². The first-order valence-electron chi connectivity index (χ1n) is 51.8. The molecule has 4 unspecified atom stereocenters. The maximum absolute atomic E-state index is 13.0. The third-order valence-electron chi connectivity index (χ3n) is 29.8. The number of Topliss-reactive ketones (excluding diaryl/α,β-unsaturated/α-hetero) is 1. The van der Waals surface area contributed by atoms with E-state index < -0.39 is 350 Å². The second-order valence-electron chi connectivity index (χ2n) is 40.9. The topological polar surface area (TPSA) is 1050 Å². The number of rotatable bonds is 50. The molecule has 10 fully saturated rings. The molecule has 9 heterocycles. The van der Waals surface area contributed by atoms with Crippen molar-refractivity contribution in [1.82, 2.24) is 16.0 Å². The molecule has 58 heteroatoms. The van der Waals surface area contributed by atoms with Gasteiger partial charge in [0.05, 0.1) is 113 Å². The lowest BCUT2D eigenvalue weighted by Gasteiger charge is -2.46. The molecular formula is C91H174N20O38. The van der Waals surface area contributed by atoms with Gasteiger partial charge >= 0.3 is 0 Å². The number of hydrogen-bond donors (Lipinski definition) is 39. The van der Waals surface area contributed by atoms with E-state index >= 15 is 0 Å². The molecule has 13 aliphatic rings. The first-order chi connectivity index (χ1) is 71.1. The van der Waals surface area contributed by atoms with E-state index in [1.807, 2.05) is 18.2 Å². The van der Waals surface area contributed by atoms with Crippen LogP contribution in [0.15, 0.2) is 35.5 Å². The molecule has 0 aromatic heterocycles. The van der Waals surface area contributed by atoms with Gasteiger partial charge in [0, 0.05) is 63.2 Å². The zero-order chi connectivity index (χ0) is 109. The molecule has 56 N–H and O–H groups in total. The minimum absolute atomic E-state index is 0.0524. The van der Waals surface area contributed by atoms with Crippen molar-refractivity contribution in [2.75, 3.05) is 112 Å². The van der Waals surface area contributed by atoms with Crippen LogP contribution in [0, 0.1) is 17.8 Å². The number of carbonyl (C=O) groups is 1. The molecule has 6 saturated heterocycles. The van der Waals surface area contributed by atoms with Crippen molar-refractivity contribution in [3.8, 4) is 0 Å². The molecule has 0 amide bonds. The lowest BCUT2D eigenvalue weighted by molar-refractivity contribution is -0.283. The third-order valence-corrected chi connectivity index (χ3v) is 29.8. The average Bonchev–Trinajstić information content (AvgIpc) is 1.61. The highest BCUT2D eigenvalue weighted by Gasteiger charge is 2.62. The maximum Gasteiger partial charge on any atom is 0.215 e. The lowest BCUT2D eigenvalue weighted by atomic mass is 9.76. The normalized spacial score (nSPS) is 44.8. The summed E-state index contributed by atoms with van der Waals surface area (Å²) in [7, 11) is 0. The second-order valence-corrected chi connectivity index (χ2v) is 40.9. The fourth-order valence-corrected chi connectivity index (χ4v) is 20.4. The number of ketones is 1. The van der Waals surface area contributed by atoms with Gasteiger partial charge in [-0.1, -0.05) is 0 Å². The van der Waals surface area contributed by atoms with Crippen molar-refractivity contribution in [1.29, 1.82) is 0 Å². The molecule has 4 saturated carbocycles. The van der Waals surface area contributed by atoms with Gasteiger partial charge < -0.3 is 296 Å². The van der Waals surface area contributed by atoms with Gasteiger partial charge in [0.15, 0.2) is 43.5 Å². The van der Waals surface area contributed by atoms with Crippen LogP contribution in [0.25, 0.3) is 0 Å². The Morgan fingerprint density at radius 1 is 0.349 bits per heavy atom.